The second kappa shape index (κ2) is 8.46. The number of carbonyl (C=O) groups excluding carboxylic acids is 1. The number of aromatic nitrogens is 4. The maximum absolute atomic E-state index is 13.9. The molecule has 0 radical (unpaired) electrons. The summed E-state index contributed by atoms with van der Waals surface area (Å²) in [6.07, 6.45) is 2.31. The number of amides is 1. The number of imidazole rings is 2. The minimum atomic E-state index is -0.949. The maximum Gasteiger partial charge on any atom is 0.246 e. The van der Waals surface area contributed by atoms with Crippen molar-refractivity contribution < 1.29 is 13.6 Å². The average Bonchev–Trinajstić information content (AvgIpc) is 3.30. The first-order valence-electron chi connectivity index (χ1n) is 11.2. The molecule has 1 amide bonds. The molecular weight excluding hydrogens is 426 g/mol. The summed E-state index contributed by atoms with van der Waals surface area (Å²) in [4.78, 5) is 29.9. The summed E-state index contributed by atoms with van der Waals surface area (Å²) < 4.78 is 29.3. The number of halogens is 2. The third-order valence-corrected chi connectivity index (χ3v) is 6.29. The van der Waals surface area contributed by atoms with Gasteiger partial charge in [0.25, 0.3) is 0 Å². The lowest BCUT2D eigenvalue weighted by molar-refractivity contribution is -0.135. The minimum Gasteiger partial charge on any atom is -0.341 e. The Labute approximate surface area is 190 Å². The van der Waals surface area contributed by atoms with Gasteiger partial charge in [0.15, 0.2) is 11.6 Å². The molecule has 33 heavy (non-hydrogen) atoms. The quantitative estimate of drug-likeness (QED) is 0.506. The van der Waals surface area contributed by atoms with Gasteiger partial charge in [-0.1, -0.05) is 26.0 Å². The van der Waals surface area contributed by atoms with Crippen molar-refractivity contribution in [1.82, 2.24) is 24.4 Å². The highest BCUT2D eigenvalue weighted by Gasteiger charge is 2.31. The fourth-order valence-electron chi connectivity index (χ4n) is 4.60. The van der Waals surface area contributed by atoms with Gasteiger partial charge in [-0.05, 0) is 24.5 Å². The summed E-state index contributed by atoms with van der Waals surface area (Å²) in [6, 6.07) is 9.53. The lowest BCUT2D eigenvalue weighted by Gasteiger charge is -2.29. The number of benzene rings is 2. The molecule has 1 N–H and O–H groups in total. The molecule has 0 saturated carbocycles. The van der Waals surface area contributed by atoms with E-state index in [1.54, 1.807) is 4.57 Å². The van der Waals surface area contributed by atoms with E-state index in [1.165, 1.54) is 6.33 Å². The standard InChI is InChI=1S/C24H26F2N6O/c1-15(2)22(32-14-27-20-12-16(25)17(26)13-21(20)32)23(33)30-8-5-9-31(11-10-30)24-28-18-6-3-4-7-19(18)29-24/h3-4,6-7,12-15,22H,5,8-11H2,1-2H3,(H,28,29). The van der Waals surface area contributed by atoms with Crippen molar-refractivity contribution in [1.29, 1.82) is 0 Å². The highest BCUT2D eigenvalue weighted by molar-refractivity contribution is 5.84. The van der Waals surface area contributed by atoms with E-state index < -0.39 is 17.7 Å². The molecule has 0 bridgehead atoms. The van der Waals surface area contributed by atoms with E-state index in [1.807, 2.05) is 43.0 Å². The lowest BCUT2D eigenvalue weighted by Crippen LogP contribution is -2.41. The van der Waals surface area contributed by atoms with Crippen LogP contribution in [0, 0.1) is 17.6 Å². The van der Waals surface area contributed by atoms with E-state index in [2.05, 4.69) is 19.9 Å². The monoisotopic (exact) mass is 452 g/mol. The summed E-state index contributed by atoms with van der Waals surface area (Å²) in [6.45, 7) is 6.51. The number of fused-ring (bicyclic) bond motifs is 2. The summed E-state index contributed by atoms with van der Waals surface area (Å²) in [5, 5.41) is 0. The molecule has 1 unspecified atom stereocenters. The molecule has 9 heteroatoms. The molecule has 5 rings (SSSR count). The fourth-order valence-corrected chi connectivity index (χ4v) is 4.60. The SMILES string of the molecule is CC(C)C(C(=O)N1CCCN(c2nc3ccccc3[nH]2)CC1)n1cnc2cc(F)c(F)cc21. The molecule has 1 aliphatic rings. The number of nitrogens with zero attached hydrogens (tertiary/aromatic N) is 5. The first kappa shape index (κ1) is 21.4. The van der Waals surface area contributed by atoms with Crippen LogP contribution in [0.3, 0.4) is 0 Å². The predicted octanol–water partition coefficient (Wildman–Crippen LogP) is 4.13. The number of nitrogens with one attached hydrogen (secondary N) is 1. The van der Waals surface area contributed by atoms with Gasteiger partial charge in [-0.15, -0.1) is 0 Å². The number of rotatable bonds is 4. The van der Waals surface area contributed by atoms with Gasteiger partial charge in [-0.3, -0.25) is 4.79 Å². The molecule has 1 saturated heterocycles. The van der Waals surface area contributed by atoms with Crippen molar-refractivity contribution in [3.63, 3.8) is 0 Å². The Morgan fingerprint density at radius 3 is 2.61 bits per heavy atom. The van der Waals surface area contributed by atoms with Crippen LogP contribution >= 0.6 is 0 Å². The number of anilines is 1. The van der Waals surface area contributed by atoms with Crippen molar-refractivity contribution in [2.24, 2.45) is 5.92 Å². The van der Waals surface area contributed by atoms with Crippen LogP contribution in [0.2, 0.25) is 0 Å². The van der Waals surface area contributed by atoms with Gasteiger partial charge in [0, 0.05) is 38.3 Å². The number of hydrogen-bond acceptors (Lipinski definition) is 4. The van der Waals surface area contributed by atoms with Crippen molar-refractivity contribution in [2.75, 3.05) is 31.1 Å². The maximum atomic E-state index is 13.9. The highest BCUT2D eigenvalue weighted by atomic mass is 19.2. The number of H-pyrrole nitrogens is 1. The topological polar surface area (TPSA) is 70.1 Å². The number of carbonyl (C=O) groups is 1. The van der Waals surface area contributed by atoms with E-state index in [0.29, 0.717) is 30.7 Å². The summed E-state index contributed by atoms with van der Waals surface area (Å²) in [5.41, 5.74) is 2.65. The Kier molecular flexibility index (Phi) is 5.47. The van der Waals surface area contributed by atoms with Gasteiger partial charge in [0.05, 0.1) is 28.4 Å². The van der Waals surface area contributed by atoms with Crippen molar-refractivity contribution in [2.45, 2.75) is 26.3 Å². The minimum absolute atomic E-state index is 0.0412. The van der Waals surface area contributed by atoms with Crippen molar-refractivity contribution in [3.8, 4) is 0 Å². The molecule has 1 atom stereocenters. The van der Waals surface area contributed by atoms with Crippen molar-refractivity contribution in [3.05, 3.63) is 54.4 Å². The molecule has 0 aliphatic carbocycles. The van der Waals surface area contributed by atoms with Gasteiger partial charge in [-0.25, -0.2) is 18.7 Å². The van der Waals surface area contributed by atoms with E-state index in [0.717, 1.165) is 42.1 Å². The molecule has 1 aliphatic heterocycles. The largest absolute Gasteiger partial charge is 0.341 e. The van der Waals surface area contributed by atoms with Crippen molar-refractivity contribution >= 4 is 33.9 Å². The zero-order valence-electron chi connectivity index (χ0n) is 18.6. The van der Waals surface area contributed by atoms with Crippen LogP contribution in [0.15, 0.2) is 42.7 Å². The van der Waals surface area contributed by atoms with Gasteiger partial charge in [0.2, 0.25) is 11.9 Å². The Bertz CT molecular complexity index is 1280. The summed E-state index contributed by atoms with van der Waals surface area (Å²) >= 11 is 0. The van der Waals surface area contributed by atoms with Gasteiger partial charge < -0.3 is 19.4 Å². The Morgan fingerprint density at radius 1 is 1.03 bits per heavy atom. The molecule has 172 valence electrons. The number of hydrogen-bond donors (Lipinski definition) is 1. The molecule has 2 aromatic carbocycles. The van der Waals surface area contributed by atoms with E-state index in [9.17, 15) is 13.6 Å². The molecular formula is C24H26F2N6O. The Morgan fingerprint density at radius 2 is 1.82 bits per heavy atom. The van der Waals surface area contributed by atoms with Gasteiger partial charge >= 0.3 is 0 Å². The molecule has 0 spiro atoms. The van der Waals surface area contributed by atoms with Crippen LogP contribution in [0.1, 0.15) is 26.3 Å². The van der Waals surface area contributed by atoms with Crippen LogP contribution < -0.4 is 4.90 Å². The van der Waals surface area contributed by atoms with Crippen LogP contribution in [0.4, 0.5) is 14.7 Å². The molecule has 3 heterocycles. The van der Waals surface area contributed by atoms with E-state index in [-0.39, 0.29) is 11.8 Å². The summed E-state index contributed by atoms with van der Waals surface area (Å²) in [5.74, 6) is -1.18. The first-order chi connectivity index (χ1) is 15.9. The summed E-state index contributed by atoms with van der Waals surface area (Å²) in [7, 11) is 0. The van der Waals surface area contributed by atoms with Crippen LogP contribution in [-0.4, -0.2) is 56.5 Å². The second-order valence-corrected chi connectivity index (χ2v) is 8.84. The number of para-hydroxylation sites is 2. The average molecular weight is 453 g/mol. The smallest absolute Gasteiger partial charge is 0.246 e. The lowest BCUT2D eigenvalue weighted by atomic mass is 10.0. The van der Waals surface area contributed by atoms with E-state index >= 15 is 0 Å². The Hall–Kier alpha value is -3.49. The first-order valence-corrected chi connectivity index (χ1v) is 11.2. The van der Waals surface area contributed by atoms with Gasteiger partial charge in [-0.2, -0.15) is 0 Å². The number of aromatic amines is 1. The van der Waals surface area contributed by atoms with Crippen LogP contribution in [0.25, 0.3) is 22.1 Å². The van der Waals surface area contributed by atoms with Crippen LogP contribution in [-0.2, 0) is 4.79 Å². The molecule has 4 aromatic rings. The van der Waals surface area contributed by atoms with E-state index in [4.69, 9.17) is 0 Å². The zero-order valence-corrected chi connectivity index (χ0v) is 18.6. The zero-order chi connectivity index (χ0) is 23.1. The third-order valence-electron chi connectivity index (χ3n) is 6.29. The molecule has 2 aromatic heterocycles. The predicted molar refractivity (Wildman–Crippen MR) is 123 cm³/mol. The van der Waals surface area contributed by atoms with Gasteiger partial charge in [0.1, 0.15) is 6.04 Å². The fraction of sp³-hybridized carbons (Fsp3) is 0.375. The second-order valence-electron chi connectivity index (χ2n) is 8.84. The normalized spacial score (nSPS) is 16.0. The third kappa shape index (κ3) is 3.92. The molecule has 7 nitrogen and oxygen atoms in total. The van der Waals surface area contributed by atoms with Crippen LogP contribution in [0.5, 0.6) is 0 Å². The Balaban J connectivity index is 1.38. The highest BCUT2D eigenvalue weighted by Crippen LogP contribution is 2.28. The molecule has 1 fully saturated rings.